The molecular weight excluding hydrogens is 1040 g/mol. The van der Waals surface area contributed by atoms with Gasteiger partial charge in [0.15, 0.2) is 5.75 Å². The van der Waals surface area contributed by atoms with E-state index in [4.69, 9.17) is 19.2 Å². The third kappa shape index (κ3) is 11.5. The summed E-state index contributed by atoms with van der Waals surface area (Å²) in [6.45, 7) is 11.7. The minimum absolute atomic E-state index is 0.0154. The predicted molar refractivity (Wildman–Crippen MR) is 301 cm³/mol. The maximum absolute atomic E-state index is 15.0. The van der Waals surface area contributed by atoms with Crippen LogP contribution >= 0.6 is 0 Å². The maximum atomic E-state index is 15.0. The van der Waals surface area contributed by atoms with Gasteiger partial charge < -0.3 is 34.5 Å². The lowest BCUT2D eigenvalue weighted by atomic mass is 9.59. The average Bonchev–Trinajstić information content (AvgIpc) is 4.33. The number of H-pyrrole nitrogens is 1. The number of piperidine rings is 1. The van der Waals surface area contributed by atoms with Crippen LogP contribution in [0.2, 0.25) is 0 Å². The number of halogens is 1. The zero-order valence-electron chi connectivity index (χ0n) is 46.0. The normalized spacial score (nSPS) is 21.8. The van der Waals surface area contributed by atoms with E-state index in [1.165, 1.54) is 48.8 Å². The summed E-state index contributed by atoms with van der Waals surface area (Å²) in [6.07, 6.45) is 13.1. The Kier molecular flexibility index (Phi) is 15.3. The van der Waals surface area contributed by atoms with Crippen molar-refractivity contribution in [3.63, 3.8) is 0 Å². The third-order valence-electron chi connectivity index (χ3n) is 17.5. The molecule has 2 aliphatic heterocycles. The first kappa shape index (κ1) is 55.0. The molecule has 1 spiro atoms. The van der Waals surface area contributed by atoms with Crippen LogP contribution in [0.15, 0.2) is 84.1 Å². The number of hydrogen-bond acceptors (Lipinski definition) is 16. The molecule has 1 atom stereocenters. The van der Waals surface area contributed by atoms with Crippen molar-refractivity contribution in [3.05, 3.63) is 123 Å². The first-order valence-corrected chi connectivity index (χ1v) is 29.4. The van der Waals surface area contributed by atoms with Gasteiger partial charge in [-0.05, 0) is 123 Å². The van der Waals surface area contributed by atoms with Crippen molar-refractivity contribution in [2.45, 2.75) is 126 Å². The van der Waals surface area contributed by atoms with Crippen LogP contribution in [0, 0.1) is 27.3 Å². The summed E-state index contributed by atoms with van der Waals surface area (Å²) in [5.41, 5.74) is 4.59. The van der Waals surface area contributed by atoms with Crippen LogP contribution in [0.1, 0.15) is 136 Å². The Hall–Kier alpha value is -6.94. The molecule has 6 aromatic rings. The summed E-state index contributed by atoms with van der Waals surface area (Å²) >= 11 is 0. The van der Waals surface area contributed by atoms with Crippen LogP contribution in [0.5, 0.6) is 23.1 Å². The highest BCUT2D eigenvalue weighted by molar-refractivity contribution is 7.90. The summed E-state index contributed by atoms with van der Waals surface area (Å²) < 4.78 is 62.6. The van der Waals surface area contributed by atoms with E-state index in [1.54, 1.807) is 26.2 Å². The van der Waals surface area contributed by atoms with Crippen molar-refractivity contribution in [2.24, 2.45) is 11.3 Å². The molecule has 5 fully saturated rings. The van der Waals surface area contributed by atoms with Crippen LogP contribution in [0.25, 0.3) is 11.0 Å². The van der Waals surface area contributed by atoms with Gasteiger partial charge in [0.25, 0.3) is 21.8 Å². The number of hydrogen-bond donors (Lipinski definition) is 4. The summed E-state index contributed by atoms with van der Waals surface area (Å²) in [4.78, 5) is 48.9. The standard InChI is InChI=1S/C59H71FN10O9S/c1-36(2)43-8-6-7-9-44(43)49-35-67(34-38-24-51(77-4)53(61-31-38)39-10-11-39)22-23-69(49)41-28-59(29-41)18-20-68(21-19-59)40-12-13-45(50(25-40)79-52-27-46-47(60)33-64-54(46)65-57(52)78-5)56(71)66-80(75,76)42-26-48(70(73)74)55(63-32-42)62-30-37-14-16-58(3,72)17-15-37/h6-9,12-13,24-27,31-33,36-37,39,41,49,72H,10-11,14-23,28-30,34-35H2,1-5H3,(H,62,63)(H,64,65)(H,66,71)/t37?,49-,58?/m0/s1. The highest BCUT2D eigenvalue weighted by Crippen LogP contribution is 2.54. The number of benzene rings is 2. The molecule has 424 valence electrons. The highest BCUT2D eigenvalue weighted by atomic mass is 32.2. The van der Waals surface area contributed by atoms with Gasteiger partial charge in [0.1, 0.15) is 27.9 Å². The minimum Gasteiger partial charge on any atom is -0.495 e. The van der Waals surface area contributed by atoms with Crippen LogP contribution in [0.3, 0.4) is 0 Å². The molecule has 2 aromatic carbocycles. The number of nitrogens with zero attached hydrogens (tertiary/aromatic N) is 7. The Morgan fingerprint density at radius 3 is 2.41 bits per heavy atom. The van der Waals surface area contributed by atoms with E-state index in [0.717, 1.165) is 101 Å². The van der Waals surface area contributed by atoms with E-state index in [-0.39, 0.29) is 57.2 Å². The monoisotopic (exact) mass is 1110 g/mol. The smallest absolute Gasteiger partial charge is 0.312 e. The number of carbonyl (C=O) groups excluding carboxylic acids is 1. The molecule has 4 N–H and O–H groups in total. The second-order valence-electron chi connectivity index (χ2n) is 23.4. The Morgan fingerprint density at radius 2 is 1.70 bits per heavy atom. The van der Waals surface area contributed by atoms with E-state index in [9.17, 15) is 32.8 Å². The number of aliphatic hydroxyl groups is 1. The number of methoxy groups -OCH3 is 2. The molecule has 80 heavy (non-hydrogen) atoms. The second kappa shape index (κ2) is 22.2. The number of anilines is 2. The van der Waals surface area contributed by atoms with Crippen molar-refractivity contribution in [1.82, 2.24) is 34.5 Å². The van der Waals surface area contributed by atoms with Crippen LogP contribution < -0.4 is 29.1 Å². The van der Waals surface area contributed by atoms with Gasteiger partial charge in [0.2, 0.25) is 5.82 Å². The zero-order chi connectivity index (χ0) is 56.1. The molecule has 0 bridgehead atoms. The lowest BCUT2D eigenvalue weighted by Crippen LogP contribution is -2.60. The number of sulfonamides is 1. The fraction of sp³-hybridized carbons (Fsp3) is 0.492. The fourth-order valence-electron chi connectivity index (χ4n) is 12.7. The molecule has 4 aromatic heterocycles. The topological polar surface area (TPSA) is 231 Å². The maximum Gasteiger partial charge on any atom is 0.312 e. The van der Waals surface area contributed by atoms with E-state index < -0.39 is 42.9 Å². The molecule has 2 saturated heterocycles. The van der Waals surface area contributed by atoms with Crippen molar-refractivity contribution in [2.75, 3.05) is 63.7 Å². The lowest BCUT2D eigenvalue weighted by Gasteiger charge is -2.58. The van der Waals surface area contributed by atoms with Gasteiger partial charge in [-0.25, -0.2) is 22.5 Å². The Morgan fingerprint density at radius 1 is 0.938 bits per heavy atom. The fourth-order valence-corrected chi connectivity index (χ4v) is 13.6. The van der Waals surface area contributed by atoms with Crippen molar-refractivity contribution < 1.29 is 41.8 Å². The van der Waals surface area contributed by atoms with Gasteiger partial charge in [-0.2, -0.15) is 4.98 Å². The molecule has 19 nitrogen and oxygen atoms in total. The molecule has 0 unspecified atom stereocenters. The molecule has 3 aliphatic carbocycles. The minimum atomic E-state index is -4.75. The first-order chi connectivity index (χ1) is 38.4. The van der Waals surface area contributed by atoms with Crippen LogP contribution in [-0.2, 0) is 16.6 Å². The molecule has 21 heteroatoms. The number of carbonyl (C=O) groups is 1. The number of piperazine rings is 1. The summed E-state index contributed by atoms with van der Waals surface area (Å²) in [5.74, 6) is 0.0251. The number of fused-ring (bicyclic) bond motifs is 1. The average molecular weight is 1120 g/mol. The number of aromatic amines is 1. The number of amides is 1. The second-order valence-corrected chi connectivity index (χ2v) is 25.1. The van der Waals surface area contributed by atoms with Crippen molar-refractivity contribution >= 4 is 44.2 Å². The van der Waals surface area contributed by atoms with Gasteiger partial charge in [-0.3, -0.25) is 29.7 Å². The lowest BCUT2D eigenvalue weighted by molar-refractivity contribution is -0.384. The number of pyridine rings is 3. The summed E-state index contributed by atoms with van der Waals surface area (Å²) in [7, 11) is -1.64. The van der Waals surface area contributed by atoms with Gasteiger partial charge >= 0.3 is 5.69 Å². The van der Waals surface area contributed by atoms with Crippen molar-refractivity contribution in [1.29, 1.82) is 0 Å². The number of aromatic nitrogens is 4. The zero-order valence-corrected chi connectivity index (χ0v) is 46.9. The first-order valence-electron chi connectivity index (χ1n) is 27.9. The largest absolute Gasteiger partial charge is 0.495 e. The predicted octanol–water partition coefficient (Wildman–Crippen LogP) is 9.99. The molecule has 6 heterocycles. The molecular formula is C59H71FN10O9S. The quantitative estimate of drug-likeness (QED) is 0.0463. The molecule has 5 aliphatic rings. The van der Waals surface area contributed by atoms with Gasteiger partial charge in [0, 0.05) is 100 Å². The van der Waals surface area contributed by atoms with E-state index >= 15 is 0 Å². The van der Waals surface area contributed by atoms with Gasteiger partial charge in [-0.1, -0.05) is 38.1 Å². The molecule has 0 radical (unpaired) electrons. The highest BCUT2D eigenvalue weighted by Gasteiger charge is 2.50. The Bertz CT molecular complexity index is 3400. The van der Waals surface area contributed by atoms with Gasteiger partial charge in [0.05, 0.1) is 47.6 Å². The molecule has 1 amide bonds. The summed E-state index contributed by atoms with van der Waals surface area (Å²) in [6, 6.07) is 18.9. The molecule has 11 rings (SSSR count). The Balaban J connectivity index is 0.798. The van der Waals surface area contributed by atoms with Crippen LogP contribution in [0.4, 0.5) is 21.6 Å². The number of rotatable bonds is 18. The van der Waals surface area contributed by atoms with E-state index in [0.29, 0.717) is 50.1 Å². The molecule has 3 saturated carbocycles. The Labute approximate surface area is 465 Å². The van der Waals surface area contributed by atoms with Gasteiger partial charge in [-0.15, -0.1) is 0 Å². The number of nitro groups is 1. The third-order valence-corrected chi connectivity index (χ3v) is 18.8. The number of nitrogens with one attached hydrogen (secondary N) is 3. The summed E-state index contributed by atoms with van der Waals surface area (Å²) in [5, 5.41) is 25.7. The SMILES string of the molecule is COc1cc(CN2CCN(C3CC4(CCN(c5ccc(C(=O)NS(=O)(=O)c6cnc(NCC7CCC(C)(O)CC7)c([N+](=O)[O-])c6)c(Oc6cc7c(F)c[nH]c7nc6OC)c5)CC4)C3)[C@H](c3ccccc3C(C)C)C2)cnc1C1CC1. The van der Waals surface area contributed by atoms with E-state index in [2.05, 4.69) is 83.9 Å². The van der Waals surface area contributed by atoms with Crippen LogP contribution in [-0.4, -0.2) is 119 Å². The van der Waals surface area contributed by atoms with Crippen molar-refractivity contribution in [3.8, 4) is 23.1 Å². The number of ether oxygens (including phenoxy) is 3. The van der Waals surface area contributed by atoms with E-state index in [1.807, 2.05) is 6.20 Å².